The molecule has 0 radical (unpaired) electrons. The van der Waals surface area contributed by atoms with Gasteiger partial charge in [-0.2, -0.15) is 0 Å². The highest BCUT2D eigenvalue weighted by Gasteiger charge is 2.26. The van der Waals surface area contributed by atoms with Gasteiger partial charge >= 0.3 is 0 Å². The Labute approximate surface area is 143 Å². The molecule has 1 aliphatic heterocycles. The monoisotopic (exact) mass is 318 g/mol. The van der Waals surface area contributed by atoms with Gasteiger partial charge in [-0.3, -0.25) is 4.90 Å². The molecule has 0 N–H and O–H groups in total. The number of rotatable bonds is 3. The maximum Gasteiger partial charge on any atom is 0.119 e. The Morgan fingerprint density at radius 3 is 2.79 bits per heavy atom. The lowest BCUT2D eigenvalue weighted by Gasteiger charge is -2.26. The highest BCUT2D eigenvalue weighted by atomic mass is 16.5. The third kappa shape index (κ3) is 2.61. The Balaban J connectivity index is 1.74. The van der Waals surface area contributed by atoms with Crippen molar-refractivity contribution < 1.29 is 4.74 Å². The second-order valence-electron chi connectivity index (χ2n) is 6.42. The lowest BCUT2D eigenvalue weighted by molar-refractivity contribution is 0.234. The first kappa shape index (κ1) is 15.0. The fraction of sp³-hybridized carbons (Fsp3) is 0.238. The summed E-state index contributed by atoms with van der Waals surface area (Å²) in [6.45, 7) is 0.951. The maximum absolute atomic E-state index is 5.38. The molecule has 4 rings (SSSR count). The number of aromatic nitrogens is 1. The van der Waals surface area contributed by atoms with Crippen molar-refractivity contribution in [2.45, 2.75) is 19.0 Å². The van der Waals surface area contributed by atoms with Crippen LogP contribution in [-0.2, 0) is 13.0 Å². The minimum atomic E-state index is 0.333. The summed E-state index contributed by atoms with van der Waals surface area (Å²) in [6.07, 6.45) is 3.14. The van der Waals surface area contributed by atoms with Gasteiger partial charge in [-0.1, -0.05) is 30.3 Å². The molecule has 0 saturated carbocycles. The molecule has 3 nitrogen and oxygen atoms in total. The zero-order valence-corrected chi connectivity index (χ0v) is 14.1. The summed E-state index contributed by atoms with van der Waals surface area (Å²) >= 11 is 0. The van der Waals surface area contributed by atoms with Crippen LogP contribution >= 0.6 is 0 Å². The molecule has 1 aromatic heterocycles. The lowest BCUT2D eigenvalue weighted by atomic mass is 10.0. The van der Waals surface area contributed by atoms with Crippen LogP contribution in [0, 0.1) is 0 Å². The van der Waals surface area contributed by atoms with E-state index in [1.54, 1.807) is 7.11 Å². The molecule has 0 saturated heterocycles. The molecule has 1 aliphatic rings. The van der Waals surface area contributed by atoms with Gasteiger partial charge in [-0.05, 0) is 54.9 Å². The largest absolute Gasteiger partial charge is 0.497 e. The molecule has 0 spiro atoms. The molecule has 0 amide bonds. The third-order valence-electron chi connectivity index (χ3n) is 4.89. The summed E-state index contributed by atoms with van der Waals surface area (Å²) in [4.78, 5) is 2.44. The number of para-hydroxylation sites is 1. The number of ether oxygens (including phenoxy) is 1. The molecule has 2 heterocycles. The van der Waals surface area contributed by atoms with Crippen molar-refractivity contribution in [3.63, 3.8) is 0 Å². The summed E-state index contributed by atoms with van der Waals surface area (Å²) in [6, 6.07) is 21.8. The van der Waals surface area contributed by atoms with Crippen molar-refractivity contribution in [3.05, 3.63) is 83.7 Å². The van der Waals surface area contributed by atoms with Crippen LogP contribution in [0.15, 0.2) is 66.9 Å². The van der Waals surface area contributed by atoms with Crippen LogP contribution in [0.5, 0.6) is 5.75 Å². The van der Waals surface area contributed by atoms with Crippen molar-refractivity contribution in [2.75, 3.05) is 14.2 Å². The van der Waals surface area contributed by atoms with Gasteiger partial charge in [0.15, 0.2) is 0 Å². The zero-order valence-electron chi connectivity index (χ0n) is 14.1. The number of likely N-dealkylation sites (N-methyl/N-ethyl adjacent to an activating group) is 1. The molecule has 0 bridgehead atoms. The highest BCUT2D eigenvalue weighted by Crippen LogP contribution is 2.33. The van der Waals surface area contributed by atoms with Crippen molar-refractivity contribution in [2.24, 2.45) is 0 Å². The maximum atomic E-state index is 5.38. The molecule has 24 heavy (non-hydrogen) atoms. The SMILES string of the molecule is COc1cccc(CC2c3cccn3-c3ccccc3CN2C)c1. The molecule has 1 atom stereocenters. The van der Waals surface area contributed by atoms with Gasteiger partial charge in [-0.15, -0.1) is 0 Å². The van der Waals surface area contributed by atoms with E-state index >= 15 is 0 Å². The Morgan fingerprint density at radius 2 is 1.92 bits per heavy atom. The number of hydrogen-bond acceptors (Lipinski definition) is 2. The second kappa shape index (κ2) is 6.17. The first-order chi connectivity index (χ1) is 11.8. The zero-order chi connectivity index (χ0) is 16.5. The van der Waals surface area contributed by atoms with Crippen LogP contribution in [-0.4, -0.2) is 23.6 Å². The van der Waals surface area contributed by atoms with E-state index in [1.165, 1.54) is 22.5 Å². The predicted octanol–water partition coefficient (Wildman–Crippen LogP) is 4.22. The Hall–Kier alpha value is -2.52. The topological polar surface area (TPSA) is 17.4 Å². The first-order valence-electron chi connectivity index (χ1n) is 8.35. The standard InChI is InChI=1S/C21H22N2O/c1-22-15-17-8-3-4-10-19(17)23-12-6-11-20(23)21(22)14-16-7-5-9-18(13-16)24-2/h3-13,21H,14-15H2,1-2H3. The number of nitrogens with zero attached hydrogens (tertiary/aromatic N) is 2. The van der Waals surface area contributed by atoms with Crippen LogP contribution in [0.1, 0.15) is 22.9 Å². The van der Waals surface area contributed by atoms with Crippen LogP contribution in [0.3, 0.4) is 0 Å². The molecule has 1 unspecified atom stereocenters. The number of methoxy groups -OCH3 is 1. The molecule has 3 aromatic rings. The van der Waals surface area contributed by atoms with E-state index in [4.69, 9.17) is 4.74 Å². The van der Waals surface area contributed by atoms with Crippen molar-refractivity contribution >= 4 is 0 Å². The normalized spacial score (nSPS) is 17.0. The quantitative estimate of drug-likeness (QED) is 0.719. The van der Waals surface area contributed by atoms with E-state index in [0.29, 0.717) is 6.04 Å². The van der Waals surface area contributed by atoms with Gasteiger partial charge < -0.3 is 9.30 Å². The smallest absolute Gasteiger partial charge is 0.119 e. The van der Waals surface area contributed by atoms with Gasteiger partial charge in [-0.25, -0.2) is 0 Å². The molecule has 122 valence electrons. The van der Waals surface area contributed by atoms with Crippen LogP contribution in [0.4, 0.5) is 0 Å². The molecular weight excluding hydrogens is 296 g/mol. The van der Waals surface area contributed by atoms with Gasteiger partial charge in [0.2, 0.25) is 0 Å². The minimum absolute atomic E-state index is 0.333. The van der Waals surface area contributed by atoms with E-state index in [9.17, 15) is 0 Å². The highest BCUT2D eigenvalue weighted by molar-refractivity contribution is 5.45. The van der Waals surface area contributed by atoms with Crippen molar-refractivity contribution in [1.82, 2.24) is 9.47 Å². The molecular formula is C21H22N2O. The predicted molar refractivity (Wildman–Crippen MR) is 96.7 cm³/mol. The molecule has 0 fully saturated rings. The Morgan fingerprint density at radius 1 is 1.04 bits per heavy atom. The third-order valence-corrected chi connectivity index (χ3v) is 4.89. The van der Waals surface area contributed by atoms with Crippen LogP contribution in [0.2, 0.25) is 0 Å². The molecule has 2 aromatic carbocycles. The average Bonchev–Trinajstić information content (AvgIpc) is 3.05. The Kier molecular flexibility index (Phi) is 3.87. The first-order valence-corrected chi connectivity index (χ1v) is 8.35. The summed E-state index contributed by atoms with van der Waals surface area (Å²) in [5.41, 5.74) is 5.29. The summed E-state index contributed by atoms with van der Waals surface area (Å²) in [7, 11) is 3.93. The van der Waals surface area contributed by atoms with Gasteiger partial charge in [0.1, 0.15) is 5.75 Å². The average molecular weight is 318 g/mol. The summed E-state index contributed by atoms with van der Waals surface area (Å²) in [5, 5.41) is 0. The number of benzene rings is 2. The number of fused-ring (bicyclic) bond motifs is 3. The van der Waals surface area contributed by atoms with Crippen molar-refractivity contribution in [1.29, 1.82) is 0 Å². The van der Waals surface area contributed by atoms with E-state index in [-0.39, 0.29) is 0 Å². The minimum Gasteiger partial charge on any atom is -0.497 e. The van der Waals surface area contributed by atoms with Crippen molar-refractivity contribution in [3.8, 4) is 11.4 Å². The molecule has 0 aliphatic carbocycles. The van der Waals surface area contributed by atoms with Crippen LogP contribution in [0.25, 0.3) is 5.69 Å². The van der Waals surface area contributed by atoms with Gasteiger partial charge in [0.05, 0.1) is 13.2 Å². The number of hydrogen-bond donors (Lipinski definition) is 0. The summed E-state index contributed by atoms with van der Waals surface area (Å²) in [5.74, 6) is 0.919. The lowest BCUT2D eigenvalue weighted by Crippen LogP contribution is -2.25. The fourth-order valence-electron chi connectivity index (χ4n) is 3.65. The van der Waals surface area contributed by atoms with E-state index in [2.05, 4.69) is 77.3 Å². The van der Waals surface area contributed by atoms with E-state index in [0.717, 1.165) is 18.7 Å². The Bertz CT molecular complexity index is 852. The van der Waals surface area contributed by atoms with Crippen LogP contribution < -0.4 is 4.74 Å². The van der Waals surface area contributed by atoms with Gasteiger partial charge in [0, 0.05) is 24.1 Å². The van der Waals surface area contributed by atoms with E-state index in [1.807, 2.05) is 6.07 Å². The van der Waals surface area contributed by atoms with E-state index < -0.39 is 0 Å². The fourth-order valence-corrected chi connectivity index (χ4v) is 3.65. The summed E-state index contributed by atoms with van der Waals surface area (Å²) < 4.78 is 7.72. The second-order valence-corrected chi connectivity index (χ2v) is 6.42. The molecule has 3 heteroatoms. The van der Waals surface area contributed by atoms with Gasteiger partial charge in [0.25, 0.3) is 0 Å².